The van der Waals surface area contributed by atoms with Gasteiger partial charge < -0.3 is 0 Å². The first kappa shape index (κ1) is 18.4. The molecule has 130 valence electrons. The van der Waals surface area contributed by atoms with Gasteiger partial charge in [-0.3, -0.25) is 13.7 Å². The molecule has 14 heteroatoms. The summed E-state index contributed by atoms with van der Waals surface area (Å²) in [6, 6.07) is 4.69. The lowest BCUT2D eigenvalue weighted by Crippen LogP contribution is -2.04. The molecule has 0 saturated carbocycles. The standard InChI is InChI=1S/C10H8N2O9S3/c13-22(14,15)8-4-6-3-7(11-12-24(19,20)21)1-2-9(6)10(5-8)23(16,17)18/h1-5H,(H,13,14,15)(H,16,17,18)(H,19,20,21). The van der Waals surface area contributed by atoms with E-state index in [2.05, 4.69) is 9.63 Å². The van der Waals surface area contributed by atoms with Crippen LogP contribution < -0.4 is 0 Å². The van der Waals surface area contributed by atoms with Gasteiger partial charge in [-0.1, -0.05) is 6.07 Å². The van der Waals surface area contributed by atoms with E-state index in [0.29, 0.717) is 6.07 Å². The van der Waals surface area contributed by atoms with Crippen molar-refractivity contribution in [1.29, 1.82) is 0 Å². The lowest BCUT2D eigenvalue weighted by Gasteiger charge is -2.07. The Morgan fingerprint density at radius 2 is 1.42 bits per heavy atom. The van der Waals surface area contributed by atoms with Gasteiger partial charge in [-0.05, 0) is 34.2 Å². The fraction of sp³-hybridized carbons (Fsp3) is 0. The van der Waals surface area contributed by atoms with Crippen molar-refractivity contribution in [2.45, 2.75) is 9.79 Å². The second-order valence-corrected chi connectivity index (χ2v) is 8.28. The Bertz CT molecular complexity index is 1170. The number of fused-ring (bicyclic) bond motifs is 1. The van der Waals surface area contributed by atoms with E-state index < -0.39 is 40.3 Å². The summed E-state index contributed by atoms with van der Waals surface area (Å²) >= 11 is 0. The third-order valence-electron chi connectivity index (χ3n) is 2.71. The molecule has 24 heavy (non-hydrogen) atoms. The first-order chi connectivity index (χ1) is 10.8. The summed E-state index contributed by atoms with van der Waals surface area (Å²) in [7, 11) is -14.4. The Morgan fingerprint density at radius 1 is 0.792 bits per heavy atom. The van der Waals surface area contributed by atoms with Crippen molar-refractivity contribution >= 4 is 47.0 Å². The SMILES string of the molecule is O=S(=O)(O)N=Nc1ccc2c(S(=O)(=O)O)cc(S(=O)(=O)O)cc2c1. The predicted octanol–water partition coefficient (Wildman–Crippen LogP) is 1.22. The summed E-state index contributed by atoms with van der Waals surface area (Å²) in [5.41, 5.74) is -0.172. The highest BCUT2D eigenvalue weighted by Gasteiger charge is 2.20. The van der Waals surface area contributed by atoms with Crippen molar-refractivity contribution in [3.63, 3.8) is 0 Å². The molecule has 11 nitrogen and oxygen atoms in total. The van der Waals surface area contributed by atoms with E-state index >= 15 is 0 Å². The third kappa shape index (κ3) is 4.31. The van der Waals surface area contributed by atoms with Gasteiger partial charge in [0.25, 0.3) is 20.2 Å². The second-order valence-electron chi connectivity index (χ2n) is 4.41. The van der Waals surface area contributed by atoms with E-state index in [0.717, 1.165) is 24.3 Å². The van der Waals surface area contributed by atoms with Gasteiger partial charge in [0.05, 0.1) is 10.6 Å². The van der Waals surface area contributed by atoms with E-state index in [1.54, 1.807) is 0 Å². The van der Waals surface area contributed by atoms with Gasteiger partial charge in [0.2, 0.25) is 0 Å². The fourth-order valence-corrected chi connectivity index (χ4v) is 3.37. The molecule has 2 aromatic rings. The Morgan fingerprint density at radius 3 is 1.92 bits per heavy atom. The molecule has 0 spiro atoms. The van der Waals surface area contributed by atoms with Gasteiger partial charge in [0.15, 0.2) is 0 Å². The zero-order chi connectivity index (χ0) is 18.3. The van der Waals surface area contributed by atoms with Crippen LogP contribution in [-0.2, 0) is 30.5 Å². The highest BCUT2D eigenvalue weighted by molar-refractivity contribution is 7.86. The molecule has 0 aliphatic heterocycles. The number of hydrogen-bond donors (Lipinski definition) is 3. The summed E-state index contributed by atoms with van der Waals surface area (Å²) < 4.78 is 95.6. The van der Waals surface area contributed by atoms with Crippen LogP contribution in [0.3, 0.4) is 0 Å². The van der Waals surface area contributed by atoms with E-state index in [-0.39, 0.29) is 16.5 Å². The van der Waals surface area contributed by atoms with Crippen LogP contribution in [0, 0.1) is 0 Å². The number of rotatable bonds is 4. The van der Waals surface area contributed by atoms with Crippen LogP contribution in [0.2, 0.25) is 0 Å². The minimum atomic E-state index is -4.83. The van der Waals surface area contributed by atoms with Gasteiger partial charge in [-0.2, -0.15) is 25.3 Å². The van der Waals surface area contributed by atoms with E-state index in [9.17, 15) is 29.8 Å². The molecule has 0 amide bonds. The Hall–Kier alpha value is -1.97. The van der Waals surface area contributed by atoms with Crippen molar-refractivity contribution in [3.8, 4) is 0 Å². The van der Waals surface area contributed by atoms with Gasteiger partial charge in [-0.15, -0.1) is 5.11 Å². The molecule has 2 aromatic carbocycles. The average Bonchev–Trinajstić information content (AvgIpc) is 2.40. The monoisotopic (exact) mass is 396 g/mol. The van der Waals surface area contributed by atoms with Crippen LogP contribution in [0.25, 0.3) is 10.8 Å². The Kier molecular flexibility index (Phi) is 4.47. The Balaban J connectivity index is 2.83. The van der Waals surface area contributed by atoms with Crippen LogP contribution in [0.15, 0.2) is 49.8 Å². The molecule has 0 aromatic heterocycles. The van der Waals surface area contributed by atoms with E-state index in [1.807, 2.05) is 0 Å². The van der Waals surface area contributed by atoms with Gasteiger partial charge in [0.1, 0.15) is 4.90 Å². The first-order valence-electron chi connectivity index (χ1n) is 5.70. The van der Waals surface area contributed by atoms with Crippen molar-refractivity contribution in [1.82, 2.24) is 0 Å². The van der Waals surface area contributed by atoms with Crippen LogP contribution in [0.1, 0.15) is 0 Å². The minimum Gasteiger partial charge on any atom is -0.282 e. The van der Waals surface area contributed by atoms with Gasteiger partial charge in [0, 0.05) is 5.39 Å². The van der Waals surface area contributed by atoms with Crippen molar-refractivity contribution in [2.24, 2.45) is 9.63 Å². The van der Waals surface area contributed by atoms with Crippen LogP contribution in [0.4, 0.5) is 5.69 Å². The van der Waals surface area contributed by atoms with Crippen molar-refractivity contribution in [3.05, 3.63) is 30.3 Å². The summed E-state index contributed by atoms with van der Waals surface area (Å²) in [6.07, 6.45) is 0. The van der Waals surface area contributed by atoms with Crippen LogP contribution in [-0.4, -0.2) is 38.9 Å². The first-order valence-corrected chi connectivity index (χ1v) is 9.98. The lowest BCUT2D eigenvalue weighted by atomic mass is 10.1. The minimum absolute atomic E-state index is 0.107. The molecular formula is C10H8N2O9S3. The van der Waals surface area contributed by atoms with Crippen LogP contribution in [0.5, 0.6) is 0 Å². The zero-order valence-electron chi connectivity index (χ0n) is 11.3. The number of nitrogens with zero attached hydrogens (tertiary/aromatic N) is 2. The molecule has 2 rings (SSSR count). The quantitative estimate of drug-likeness (QED) is 0.504. The fourth-order valence-electron chi connectivity index (χ4n) is 1.82. The molecule has 0 radical (unpaired) electrons. The molecule has 0 aliphatic rings. The van der Waals surface area contributed by atoms with Gasteiger partial charge in [-0.25, -0.2) is 0 Å². The largest absolute Gasteiger partial charge is 0.396 e. The predicted molar refractivity (Wildman–Crippen MR) is 79.6 cm³/mol. The molecular weight excluding hydrogens is 388 g/mol. The summed E-state index contributed by atoms with van der Waals surface area (Å²) in [4.78, 5) is -1.60. The maximum absolute atomic E-state index is 11.4. The topological polar surface area (TPSA) is 188 Å². The second kappa shape index (κ2) is 5.83. The molecule has 0 unspecified atom stereocenters. The molecule has 0 saturated heterocycles. The summed E-state index contributed by atoms with van der Waals surface area (Å²) in [5, 5.41) is 2.95. The average molecular weight is 396 g/mol. The maximum Gasteiger partial charge on any atom is 0.396 e. The highest BCUT2D eigenvalue weighted by Crippen LogP contribution is 2.30. The lowest BCUT2D eigenvalue weighted by molar-refractivity contribution is 0.479. The van der Waals surface area contributed by atoms with Crippen molar-refractivity contribution < 1.29 is 38.9 Å². The van der Waals surface area contributed by atoms with Crippen molar-refractivity contribution in [2.75, 3.05) is 0 Å². The molecule has 0 atom stereocenters. The summed E-state index contributed by atoms with van der Waals surface area (Å²) in [5.74, 6) is 0. The number of hydrogen-bond acceptors (Lipinski definition) is 7. The normalized spacial score (nSPS) is 13.6. The smallest absolute Gasteiger partial charge is 0.282 e. The molecule has 0 fully saturated rings. The van der Waals surface area contributed by atoms with Gasteiger partial charge >= 0.3 is 10.3 Å². The molecule has 0 bridgehead atoms. The molecule has 0 heterocycles. The summed E-state index contributed by atoms with van der Waals surface area (Å²) in [6.45, 7) is 0. The molecule has 0 aliphatic carbocycles. The van der Waals surface area contributed by atoms with Crippen LogP contribution >= 0.6 is 0 Å². The highest BCUT2D eigenvalue weighted by atomic mass is 32.2. The Labute approximate surface area is 136 Å². The zero-order valence-corrected chi connectivity index (χ0v) is 13.7. The third-order valence-corrected chi connectivity index (χ3v) is 4.72. The van der Waals surface area contributed by atoms with E-state index in [1.165, 1.54) is 0 Å². The van der Waals surface area contributed by atoms with E-state index in [4.69, 9.17) is 9.11 Å². The molecule has 3 N–H and O–H groups in total. The number of benzene rings is 2. The maximum atomic E-state index is 11.4.